The number of hydrogen-bond donors (Lipinski definition) is 3. The SMILES string of the molecule is NC=C(C=NC1CCN(CC2CCCC(Nc3cccc4c3CN(C3CCC(=O)NC3=O)C4=O)C2)CC1)c1cnc2ccccc2n1. The van der Waals surface area contributed by atoms with Crippen LogP contribution < -0.4 is 16.4 Å². The Morgan fingerprint density at radius 2 is 1.85 bits per heavy atom. The number of nitrogens with one attached hydrogen (secondary N) is 2. The van der Waals surface area contributed by atoms with Crippen LogP contribution in [0.4, 0.5) is 5.69 Å². The van der Waals surface area contributed by atoms with Crippen LogP contribution in [0.1, 0.15) is 73.0 Å². The number of piperidine rings is 2. The molecule has 4 heterocycles. The topological polar surface area (TPSA) is 146 Å². The molecule has 3 aliphatic heterocycles. The number of para-hydroxylation sites is 2. The van der Waals surface area contributed by atoms with Crippen LogP contribution in [0, 0.1) is 5.92 Å². The van der Waals surface area contributed by atoms with E-state index in [1.807, 2.05) is 48.7 Å². The van der Waals surface area contributed by atoms with Crippen LogP contribution in [0.2, 0.25) is 0 Å². The van der Waals surface area contributed by atoms with Crippen molar-refractivity contribution in [2.24, 2.45) is 16.6 Å². The van der Waals surface area contributed by atoms with Crippen LogP contribution in [0.3, 0.4) is 0 Å². The lowest BCUT2D eigenvalue weighted by Gasteiger charge is -2.37. The number of anilines is 1. The molecule has 1 saturated carbocycles. The third-order valence-electron chi connectivity index (χ3n) is 10.1. The number of benzene rings is 2. The zero-order valence-corrected chi connectivity index (χ0v) is 26.6. The van der Waals surface area contributed by atoms with E-state index >= 15 is 0 Å². The quantitative estimate of drug-likeness (QED) is 0.250. The minimum atomic E-state index is -0.604. The molecule has 7 rings (SSSR count). The second kappa shape index (κ2) is 13.6. The number of carbonyl (C=O) groups is 3. The van der Waals surface area contributed by atoms with Crippen molar-refractivity contribution in [1.82, 2.24) is 25.1 Å². The van der Waals surface area contributed by atoms with E-state index in [1.54, 1.807) is 17.3 Å². The highest BCUT2D eigenvalue weighted by molar-refractivity contribution is 6.09. The van der Waals surface area contributed by atoms with Crippen molar-refractivity contribution in [1.29, 1.82) is 0 Å². The van der Waals surface area contributed by atoms with Crippen molar-refractivity contribution in [3.8, 4) is 0 Å². The van der Waals surface area contributed by atoms with Crippen LogP contribution in [0.25, 0.3) is 16.6 Å². The number of carbonyl (C=O) groups excluding carboxylic acids is 3. The zero-order chi connectivity index (χ0) is 32.3. The standard InChI is InChI=1S/C36H42N8O3/c37-18-24(32-20-39-30-8-1-2-9-31(30)41-32)19-38-25-13-15-43(16-14-25)21-23-5-3-6-26(17-23)40-29-10-4-7-27-28(29)22-44(36(27)47)33-11-12-34(45)42-35(33)46/h1-2,4,7-10,18-20,23,25-26,33,40H,3,5-6,11-17,21-22,37H2,(H,42,45,46). The molecule has 2 aromatic carbocycles. The number of aromatic nitrogens is 2. The molecule has 1 aliphatic carbocycles. The largest absolute Gasteiger partial charge is 0.404 e. The Bertz CT molecular complexity index is 1730. The third kappa shape index (κ3) is 6.76. The minimum absolute atomic E-state index is 0.134. The number of hydrogen-bond acceptors (Lipinski definition) is 9. The fraction of sp³-hybridized carbons (Fsp3) is 0.444. The summed E-state index contributed by atoms with van der Waals surface area (Å²) in [5.41, 5.74) is 11.7. The maximum atomic E-state index is 13.3. The third-order valence-corrected chi connectivity index (χ3v) is 10.1. The Kier molecular flexibility index (Phi) is 8.97. The second-order valence-electron chi connectivity index (χ2n) is 13.3. The summed E-state index contributed by atoms with van der Waals surface area (Å²) in [6.45, 7) is 3.52. The number of nitrogens with zero attached hydrogens (tertiary/aromatic N) is 5. The first kappa shape index (κ1) is 31.0. The van der Waals surface area contributed by atoms with Gasteiger partial charge in [-0.2, -0.15) is 0 Å². The van der Waals surface area contributed by atoms with E-state index in [4.69, 9.17) is 15.7 Å². The maximum Gasteiger partial charge on any atom is 0.255 e. The maximum absolute atomic E-state index is 13.3. The van der Waals surface area contributed by atoms with E-state index in [1.165, 1.54) is 12.8 Å². The minimum Gasteiger partial charge on any atom is -0.404 e. The Balaban J connectivity index is 0.909. The summed E-state index contributed by atoms with van der Waals surface area (Å²) in [7, 11) is 0. The van der Waals surface area contributed by atoms with Crippen LogP contribution >= 0.6 is 0 Å². The van der Waals surface area contributed by atoms with E-state index in [0.29, 0.717) is 30.5 Å². The van der Waals surface area contributed by atoms with Gasteiger partial charge < -0.3 is 20.9 Å². The number of nitrogens with two attached hydrogens (primary N) is 1. The van der Waals surface area contributed by atoms with Crippen LogP contribution in [0.15, 0.2) is 59.9 Å². The van der Waals surface area contributed by atoms with Gasteiger partial charge in [-0.3, -0.25) is 29.7 Å². The number of aliphatic imine (C=N–C) groups is 1. The first-order valence-corrected chi connectivity index (χ1v) is 16.9. The van der Waals surface area contributed by atoms with Crippen molar-refractivity contribution >= 4 is 46.2 Å². The molecule has 0 radical (unpaired) electrons. The van der Waals surface area contributed by atoms with Gasteiger partial charge in [0, 0.05) is 73.4 Å². The smallest absolute Gasteiger partial charge is 0.255 e. The average molecular weight is 635 g/mol. The predicted octanol–water partition coefficient (Wildman–Crippen LogP) is 3.90. The van der Waals surface area contributed by atoms with Gasteiger partial charge in [0.05, 0.1) is 29.0 Å². The molecule has 3 unspecified atom stereocenters. The van der Waals surface area contributed by atoms with E-state index in [-0.39, 0.29) is 30.2 Å². The number of rotatable bonds is 8. The molecule has 11 nitrogen and oxygen atoms in total. The lowest BCUT2D eigenvalue weighted by molar-refractivity contribution is -0.136. The fourth-order valence-electron chi connectivity index (χ4n) is 7.62. The molecule has 3 fully saturated rings. The molecule has 4 aliphatic rings. The molecular weight excluding hydrogens is 592 g/mol. The lowest BCUT2D eigenvalue weighted by Crippen LogP contribution is -2.52. The Morgan fingerprint density at radius 1 is 1.02 bits per heavy atom. The Morgan fingerprint density at radius 3 is 2.66 bits per heavy atom. The number of likely N-dealkylation sites (tertiary alicyclic amines) is 1. The molecular formula is C36H42N8O3. The molecule has 11 heteroatoms. The lowest BCUT2D eigenvalue weighted by atomic mass is 9.84. The van der Waals surface area contributed by atoms with Gasteiger partial charge >= 0.3 is 0 Å². The van der Waals surface area contributed by atoms with Crippen molar-refractivity contribution in [2.45, 2.75) is 76.0 Å². The summed E-state index contributed by atoms with van der Waals surface area (Å²) in [4.78, 5) is 55.7. The molecule has 2 saturated heterocycles. The highest BCUT2D eigenvalue weighted by Crippen LogP contribution is 2.35. The van der Waals surface area contributed by atoms with Crippen molar-refractivity contribution in [2.75, 3.05) is 25.0 Å². The van der Waals surface area contributed by atoms with E-state index in [2.05, 4.69) is 20.5 Å². The highest BCUT2D eigenvalue weighted by Gasteiger charge is 2.40. The number of amides is 3. The summed E-state index contributed by atoms with van der Waals surface area (Å²) >= 11 is 0. The molecule has 47 heavy (non-hydrogen) atoms. The molecule has 3 aromatic rings. The first-order valence-electron chi connectivity index (χ1n) is 16.9. The van der Waals surface area contributed by atoms with Crippen LogP contribution in [-0.2, 0) is 16.1 Å². The zero-order valence-electron chi connectivity index (χ0n) is 26.6. The molecule has 4 N–H and O–H groups in total. The molecule has 0 bridgehead atoms. The molecule has 1 aromatic heterocycles. The molecule has 3 amide bonds. The Hall–Kier alpha value is -4.64. The molecule has 3 atom stereocenters. The molecule has 0 spiro atoms. The fourth-order valence-corrected chi connectivity index (χ4v) is 7.62. The van der Waals surface area contributed by atoms with E-state index < -0.39 is 6.04 Å². The first-order chi connectivity index (χ1) is 22.9. The normalized spacial score (nSPS) is 24.6. The van der Waals surface area contributed by atoms with Gasteiger partial charge in [-0.15, -0.1) is 0 Å². The van der Waals surface area contributed by atoms with Crippen molar-refractivity contribution < 1.29 is 14.4 Å². The summed E-state index contributed by atoms with van der Waals surface area (Å²) in [5, 5.41) is 6.17. The monoisotopic (exact) mass is 634 g/mol. The number of allylic oxidation sites excluding steroid dienone is 1. The van der Waals surface area contributed by atoms with Crippen molar-refractivity contribution in [3.05, 3.63) is 71.7 Å². The van der Waals surface area contributed by atoms with Gasteiger partial charge in [0.2, 0.25) is 11.8 Å². The Labute approximate surface area is 274 Å². The van der Waals surface area contributed by atoms with Gasteiger partial charge in [0.25, 0.3) is 5.91 Å². The van der Waals surface area contributed by atoms with E-state index in [0.717, 1.165) is 78.9 Å². The van der Waals surface area contributed by atoms with Crippen molar-refractivity contribution in [3.63, 3.8) is 0 Å². The second-order valence-corrected chi connectivity index (χ2v) is 13.3. The van der Waals surface area contributed by atoms with Crippen LogP contribution in [-0.4, -0.2) is 81.5 Å². The van der Waals surface area contributed by atoms with Gasteiger partial charge in [-0.25, -0.2) is 4.98 Å². The van der Waals surface area contributed by atoms with E-state index in [9.17, 15) is 14.4 Å². The van der Waals surface area contributed by atoms with Gasteiger partial charge in [0.1, 0.15) is 6.04 Å². The van der Waals surface area contributed by atoms with Crippen LogP contribution in [0.5, 0.6) is 0 Å². The van der Waals surface area contributed by atoms with Gasteiger partial charge in [-0.05, 0) is 68.7 Å². The van der Waals surface area contributed by atoms with Gasteiger partial charge in [-0.1, -0.05) is 24.6 Å². The highest BCUT2D eigenvalue weighted by atomic mass is 16.2. The molecule has 244 valence electrons. The summed E-state index contributed by atoms with van der Waals surface area (Å²) < 4.78 is 0. The predicted molar refractivity (Wildman–Crippen MR) is 182 cm³/mol. The summed E-state index contributed by atoms with van der Waals surface area (Å²) in [5.74, 6) is -0.177. The van der Waals surface area contributed by atoms with Gasteiger partial charge in [0.15, 0.2) is 0 Å². The number of imide groups is 1. The summed E-state index contributed by atoms with van der Waals surface area (Å²) in [6.07, 6.45) is 12.4. The number of fused-ring (bicyclic) bond motifs is 2. The average Bonchev–Trinajstić information content (AvgIpc) is 3.42. The summed E-state index contributed by atoms with van der Waals surface area (Å²) in [6, 6.07) is 13.6.